The monoisotopic (exact) mass is 251 g/mol. The van der Waals surface area contributed by atoms with Crippen LogP contribution in [0.25, 0.3) is 0 Å². The molecular weight excluding hydrogens is 236 g/mol. The predicted octanol–water partition coefficient (Wildman–Crippen LogP) is 3.69. The third-order valence-electron chi connectivity index (χ3n) is 2.92. The van der Waals surface area contributed by atoms with Gasteiger partial charge in [0.25, 0.3) is 0 Å². The van der Waals surface area contributed by atoms with E-state index in [1.807, 2.05) is 42.8 Å². The van der Waals surface area contributed by atoms with Gasteiger partial charge in [-0.05, 0) is 37.1 Å². The smallest absolute Gasteiger partial charge is 0.159 e. The second-order valence-corrected chi connectivity index (χ2v) is 4.51. The Labute approximate surface area is 113 Å². The first-order valence-electron chi connectivity index (χ1n) is 6.13. The highest BCUT2D eigenvalue weighted by Gasteiger charge is 2.04. The summed E-state index contributed by atoms with van der Waals surface area (Å²) in [6.45, 7) is 3.10. The van der Waals surface area contributed by atoms with Crippen LogP contribution in [0.5, 0.6) is 0 Å². The lowest BCUT2D eigenvalue weighted by atomic mass is 9.99. The molecule has 2 nitrogen and oxygen atoms in total. The molecule has 0 N–H and O–H groups in total. The maximum absolute atomic E-state index is 11.3. The van der Waals surface area contributed by atoms with Crippen molar-refractivity contribution in [3.05, 3.63) is 77.2 Å². The van der Waals surface area contributed by atoms with Gasteiger partial charge in [0.1, 0.15) is 0 Å². The third kappa shape index (κ3) is 3.38. The van der Waals surface area contributed by atoms with Gasteiger partial charge in [0.2, 0.25) is 0 Å². The van der Waals surface area contributed by atoms with Crippen LogP contribution in [0.1, 0.15) is 45.7 Å². The Balaban J connectivity index is 2.26. The fourth-order valence-corrected chi connectivity index (χ4v) is 1.89. The molecule has 0 heterocycles. The van der Waals surface area contributed by atoms with Gasteiger partial charge >= 0.3 is 0 Å². The molecule has 19 heavy (non-hydrogen) atoms. The number of carbonyl (C=O) groups excluding carboxylic acids is 2. The number of carbonyl (C=O) groups is 2. The molecule has 0 unspecified atom stereocenters. The summed E-state index contributed by atoms with van der Waals surface area (Å²) in [5, 5.41) is 0. The average Bonchev–Trinajstić information content (AvgIpc) is 2.39. The van der Waals surface area contributed by atoms with E-state index in [4.69, 9.17) is 0 Å². The molecule has 0 bridgehead atoms. The quantitative estimate of drug-likeness (QED) is 0.776. The molecule has 0 atom stereocenters. The Morgan fingerprint density at radius 3 is 1.58 bits per heavy atom. The van der Waals surface area contributed by atoms with Gasteiger partial charge in [0, 0.05) is 17.5 Å². The van der Waals surface area contributed by atoms with Gasteiger partial charge < -0.3 is 0 Å². The normalized spacial score (nSPS) is 10.2. The Morgan fingerprint density at radius 1 is 0.789 bits per heavy atom. The van der Waals surface area contributed by atoms with Crippen molar-refractivity contribution in [1.29, 1.82) is 0 Å². The van der Waals surface area contributed by atoms with E-state index < -0.39 is 0 Å². The first kappa shape index (κ1) is 13.2. The molecule has 2 aromatic carbocycles. The number of benzene rings is 2. The van der Waals surface area contributed by atoms with E-state index >= 15 is 0 Å². The molecule has 0 saturated carbocycles. The second kappa shape index (κ2) is 5.61. The maximum atomic E-state index is 11.3. The highest BCUT2D eigenvalue weighted by Crippen LogP contribution is 2.15. The highest BCUT2D eigenvalue weighted by molar-refractivity contribution is 5.95. The van der Waals surface area contributed by atoms with E-state index in [1.165, 1.54) is 0 Å². The molecule has 1 radical (unpaired) electrons. The van der Waals surface area contributed by atoms with E-state index in [0.717, 1.165) is 11.1 Å². The van der Waals surface area contributed by atoms with Gasteiger partial charge in [-0.25, -0.2) is 0 Å². The van der Waals surface area contributed by atoms with E-state index in [0.29, 0.717) is 11.1 Å². The summed E-state index contributed by atoms with van der Waals surface area (Å²) in [7, 11) is 0. The van der Waals surface area contributed by atoms with Crippen LogP contribution >= 0.6 is 0 Å². The fraction of sp³-hybridized carbons (Fsp3) is 0.118. The molecular formula is C17H15O2. The minimum Gasteiger partial charge on any atom is -0.295 e. The van der Waals surface area contributed by atoms with Gasteiger partial charge in [-0.1, -0.05) is 36.4 Å². The molecule has 0 aliphatic rings. The first-order valence-corrected chi connectivity index (χ1v) is 6.13. The molecule has 0 aliphatic carbocycles. The summed E-state index contributed by atoms with van der Waals surface area (Å²) >= 11 is 0. The predicted molar refractivity (Wildman–Crippen MR) is 75.4 cm³/mol. The van der Waals surface area contributed by atoms with Crippen LogP contribution in [0.2, 0.25) is 0 Å². The zero-order valence-corrected chi connectivity index (χ0v) is 11.0. The van der Waals surface area contributed by atoms with Crippen LogP contribution in [-0.4, -0.2) is 11.6 Å². The van der Waals surface area contributed by atoms with Gasteiger partial charge in [-0.15, -0.1) is 0 Å². The van der Waals surface area contributed by atoms with Crippen molar-refractivity contribution in [2.24, 2.45) is 0 Å². The Morgan fingerprint density at radius 2 is 1.21 bits per heavy atom. The Bertz CT molecular complexity index is 571. The van der Waals surface area contributed by atoms with Crippen molar-refractivity contribution in [3.8, 4) is 0 Å². The molecule has 0 aliphatic heterocycles. The number of rotatable bonds is 4. The van der Waals surface area contributed by atoms with E-state index in [1.54, 1.807) is 26.0 Å². The van der Waals surface area contributed by atoms with Crippen LogP contribution < -0.4 is 0 Å². The van der Waals surface area contributed by atoms with Gasteiger partial charge in [0.05, 0.1) is 0 Å². The van der Waals surface area contributed by atoms with Crippen molar-refractivity contribution in [1.82, 2.24) is 0 Å². The number of hydrogen-bond acceptors (Lipinski definition) is 2. The largest absolute Gasteiger partial charge is 0.295 e. The summed E-state index contributed by atoms with van der Waals surface area (Å²) in [5.74, 6) is 0.0977. The lowest BCUT2D eigenvalue weighted by Gasteiger charge is -2.05. The minimum atomic E-state index is 0.0488. The molecule has 0 spiro atoms. The summed E-state index contributed by atoms with van der Waals surface area (Å²) in [6, 6.07) is 14.9. The molecule has 0 fully saturated rings. The van der Waals surface area contributed by atoms with E-state index in [9.17, 15) is 9.59 Å². The molecule has 0 amide bonds. The lowest BCUT2D eigenvalue weighted by Crippen LogP contribution is -1.96. The Hall–Kier alpha value is -2.22. The molecule has 95 valence electrons. The lowest BCUT2D eigenvalue weighted by molar-refractivity contribution is 0.100. The summed E-state index contributed by atoms with van der Waals surface area (Å²) < 4.78 is 0. The van der Waals surface area contributed by atoms with Crippen molar-refractivity contribution >= 4 is 11.6 Å². The maximum Gasteiger partial charge on any atom is 0.159 e. The molecule has 2 heteroatoms. The van der Waals surface area contributed by atoms with Crippen LogP contribution in [0.15, 0.2) is 48.5 Å². The standard InChI is InChI=1S/C17H15O2/c1-12(18)16-7-3-5-14(10-16)9-15-6-4-8-17(11-15)13(2)19/h3-11H,1-2H3. The van der Waals surface area contributed by atoms with Crippen molar-refractivity contribution in [2.75, 3.05) is 0 Å². The van der Waals surface area contributed by atoms with Crippen molar-refractivity contribution in [3.63, 3.8) is 0 Å². The topological polar surface area (TPSA) is 34.1 Å². The van der Waals surface area contributed by atoms with Crippen LogP contribution in [0, 0.1) is 6.42 Å². The van der Waals surface area contributed by atoms with Crippen molar-refractivity contribution < 1.29 is 9.59 Å². The van der Waals surface area contributed by atoms with Gasteiger partial charge in [0.15, 0.2) is 11.6 Å². The van der Waals surface area contributed by atoms with E-state index in [2.05, 4.69) is 0 Å². The SMILES string of the molecule is CC(=O)c1cccc([CH]c2cccc(C(C)=O)c2)c1. The molecule has 0 saturated heterocycles. The van der Waals surface area contributed by atoms with Gasteiger partial charge in [-0.2, -0.15) is 0 Å². The molecule has 2 aromatic rings. The van der Waals surface area contributed by atoms with Crippen LogP contribution in [0.4, 0.5) is 0 Å². The van der Waals surface area contributed by atoms with Crippen LogP contribution in [-0.2, 0) is 0 Å². The van der Waals surface area contributed by atoms with E-state index in [-0.39, 0.29) is 11.6 Å². The molecule has 0 aromatic heterocycles. The summed E-state index contributed by atoms with van der Waals surface area (Å²) in [6.07, 6.45) is 1.96. The highest BCUT2D eigenvalue weighted by atomic mass is 16.1. The number of hydrogen-bond donors (Lipinski definition) is 0. The average molecular weight is 251 g/mol. The zero-order chi connectivity index (χ0) is 13.8. The molecule has 2 rings (SSSR count). The fourth-order valence-electron chi connectivity index (χ4n) is 1.89. The number of ketones is 2. The second-order valence-electron chi connectivity index (χ2n) is 4.51. The van der Waals surface area contributed by atoms with Crippen molar-refractivity contribution in [2.45, 2.75) is 13.8 Å². The number of Topliss-reactive ketones (excluding diaryl/α,β-unsaturated/α-hetero) is 2. The third-order valence-corrected chi connectivity index (χ3v) is 2.92. The van der Waals surface area contributed by atoms with Gasteiger partial charge in [-0.3, -0.25) is 9.59 Å². The zero-order valence-electron chi connectivity index (χ0n) is 11.0. The summed E-state index contributed by atoms with van der Waals surface area (Å²) in [4.78, 5) is 22.7. The Kier molecular flexibility index (Phi) is 3.91. The van der Waals surface area contributed by atoms with Crippen LogP contribution in [0.3, 0.4) is 0 Å². The minimum absolute atomic E-state index is 0.0488. The summed E-state index contributed by atoms with van der Waals surface area (Å²) in [5.41, 5.74) is 3.29. The first-order chi connectivity index (χ1) is 9.06.